The summed E-state index contributed by atoms with van der Waals surface area (Å²) in [4.78, 5) is 14.9. The molecule has 0 aliphatic carbocycles. The number of nitrogens with one attached hydrogen (secondary N) is 1. The molecule has 1 amide bonds. The molecule has 0 saturated carbocycles. The lowest BCUT2D eigenvalue weighted by Gasteiger charge is -2.41. The van der Waals surface area contributed by atoms with E-state index in [-0.39, 0.29) is 5.91 Å². The number of hydrogen-bond donors (Lipinski definition) is 1. The quantitative estimate of drug-likeness (QED) is 0.860. The fourth-order valence-corrected chi connectivity index (χ4v) is 3.51. The van der Waals surface area contributed by atoms with E-state index in [2.05, 4.69) is 5.32 Å². The van der Waals surface area contributed by atoms with Crippen LogP contribution in [0.25, 0.3) is 11.0 Å². The number of aryl methyl sites for hydroxylation is 1. The highest BCUT2D eigenvalue weighted by Gasteiger charge is 2.40. The van der Waals surface area contributed by atoms with Crippen LogP contribution in [0, 0.1) is 6.92 Å². The molecule has 24 heavy (non-hydrogen) atoms. The van der Waals surface area contributed by atoms with Gasteiger partial charge in [-0.15, -0.1) is 0 Å². The zero-order valence-corrected chi connectivity index (χ0v) is 13.8. The number of ether oxygens (including phenoxy) is 2. The van der Waals surface area contributed by atoms with Crippen molar-refractivity contribution < 1.29 is 18.7 Å². The van der Waals surface area contributed by atoms with Crippen molar-refractivity contribution >= 4 is 16.9 Å². The van der Waals surface area contributed by atoms with Crippen LogP contribution in [0.1, 0.15) is 16.1 Å². The van der Waals surface area contributed by atoms with Gasteiger partial charge < -0.3 is 24.1 Å². The van der Waals surface area contributed by atoms with Crippen molar-refractivity contribution in [1.29, 1.82) is 0 Å². The molecule has 128 valence electrons. The van der Waals surface area contributed by atoms with Gasteiger partial charge in [0.1, 0.15) is 16.9 Å². The van der Waals surface area contributed by atoms with Crippen molar-refractivity contribution in [3.63, 3.8) is 0 Å². The van der Waals surface area contributed by atoms with Crippen molar-refractivity contribution in [3.05, 3.63) is 35.6 Å². The first kappa shape index (κ1) is 15.6. The van der Waals surface area contributed by atoms with Crippen LogP contribution in [0.4, 0.5) is 0 Å². The molecule has 1 N–H and O–H groups in total. The monoisotopic (exact) mass is 330 g/mol. The predicted octanol–water partition coefficient (Wildman–Crippen LogP) is 1.57. The molecule has 1 spiro atoms. The Bertz CT molecular complexity index is 747. The molecule has 4 rings (SSSR count). The van der Waals surface area contributed by atoms with Crippen molar-refractivity contribution in [2.75, 3.05) is 46.0 Å². The van der Waals surface area contributed by atoms with Crippen molar-refractivity contribution in [3.8, 4) is 0 Å². The Morgan fingerprint density at radius 2 is 2.25 bits per heavy atom. The molecule has 6 heteroatoms. The second-order valence-corrected chi connectivity index (χ2v) is 6.57. The maximum atomic E-state index is 13.1. The number of hydrogen-bond acceptors (Lipinski definition) is 5. The number of carbonyl (C=O) groups is 1. The van der Waals surface area contributed by atoms with Crippen molar-refractivity contribution in [2.45, 2.75) is 12.5 Å². The molecule has 1 aromatic carbocycles. The van der Waals surface area contributed by atoms with E-state index in [4.69, 9.17) is 13.9 Å². The Kier molecular flexibility index (Phi) is 4.04. The van der Waals surface area contributed by atoms with Crippen molar-refractivity contribution in [2.24, 2.45) is 0 Å². The maximum absolute atomic E-state index is 13.1. The number of rotatable bonds is 1. The van der Waals surface area contributed by atoms with Crippen LogP contribution >= 0.6 is 0 Å². The van der Waals surface area contributed by atoms with E-state index in [0.717, 1.165) is 17.7 Å². The van der Waals surface area contributed by atoms with Crippen LogP contribution in [0.2, 0.25) is 0 Å². The standard InChI is InChI=1S/C18H22N2O4/c1-13-9-14-3-2-4-15(16(14)24-13)17(21)20-6-8-23-18(11-20)10-19-5-7-22-12-18/h2-4,9,19H,5-8,10-12H2,1H3/t18-/m0/s1. The average molecular weight is 330 g/mol. The highest BCUT2D eigenvalue weighted by atomic mass is 16.5. The van der Waals surface area contributed by atoms with Gasteiger partial charge in [0, 0.05) is 25.0 Å². The minimum atomic E-state index is -0.461. The summed E-state index contributed by atoms with van der Waals surface area (Å²) in [6, 6.07) is 7.65. The fraction of sp³-hybridized carbons (Fsp3) is 0.500. The summed E-state index contributed by atoms with van der Waals surface area (Å²) < 4.78 is 17.4. The average Bonchev–Trinajstić information content (AvgIpc) is 2.84. The summed E-state index contributed by atoms with van der Waals surface area (Å²) in [5.74, 6) is 0.798. The van der Waals surface area contributed by atoms with E-state index < -0.39 is 5.60 Å². The van der Waals surface area contributed by atoms with Gasteiger partial charge in [-0.05, 0) is 19.1 Å². The van der Waals surface area contributed by atoms with Crippen molar-refractivity contribution in [1.82, 2.24) is 10.2 Å². The van der Waals surface area contributed by atoms with E-state index in [1.807, 2.05) is 36.1 Å². The van der Waals surface area contributed by atoms with Crippen LogP contribution in [-0.2, 0) is 9.47 Å². The van der Waals surface area contributed by atoms with Crippen LogP contribution in [-0.4, -0.2) is 62.4 Å². The molecule has 2 saturated heterocycles. The van der Waals surface area contributed by atoms with Gasteiger partial charge in [-0.2, -0.15) is 0 Å². The minimum absolute atomic E-state index is 0.0122. The highest BCUT2D eigenvalue weighted by molar-refractivity contribution is 6.05. The highest BCUT2D eigenvalue weighted by Crippen LogP contribution is 2.26. The third-order valence-electron chi connectivity index (χ3n) is 4.67. The molecule has 0 unspecified atom stereocenters. The number of morpholine rings is 1. The lowest BCUT2D eigenvalue weighted by molar-refractivity contribution is -0.125. The van der Waals surface area contributed by atoms with Crippen LogP contribution < -0.4 is 5.32 Å². The maximum Gasteiger partial charge on any atom is 0.257 e. The van der Waals surface area contributed by atoms with E-state index in [1.165, 1.54) is 0 Å². The third kappa shape index (κ3) is 2.81. The molecule has 1 atom stereocenters. The Morgan fingerprint density at radius 3 is 3.17 bits per heavy atom. The topological polar surface area (TPSA) is 63.9 Å². The van der Waals surface area contributed by atoms with Gasteiger partial charge in [0.15, 0.2) is 0 Å². The van der Waals surface area contributed by atoms with Crippen LogP contribution in [0.15, 0.2) is 28.7 Å². The van der Waals surface area contributed by atoms with E-state index in [0.29, 0.717) is 50.6 Å². The zero-order chi connectivity index (χ0) is 16.6. The zero-order valence-electron chi connectivity index (χ0n) is 13.8. The number of nitrogens with zero attached hydrogens (tertiary/aromatic N) is 1. The van der Waals surface area contributed by atoms with Gasteiger partial charge in [0.25, 0.3) is 5.91 Å². The lowest BCUT2D eigenvalue weighted by Crippen LogP contribution is -2.59. The first-order valence-corrected chi connectivity index (χ1v) is 8.38. The molecule has 0 radical (unpaired) electrons. The molecule has 6 nitrogen and oxygen atoms in total. The summed E-state index contributed by atoms with van der Waals surface area (Å²) in [5.41, 5.74) is 0.813. The second kappa shape index (κ2) is 6.20. The Balaban J connectivity index is 1.61. The Morgan fingerprint density at radius 1 is 1.33 bits per heavy atom. The SMILES string of the molecule is Cc1cc2cccc(C(=O)N3CCO[C@@]4(CNCCOC4)C3)c2o1. The number of benzene rings is 1. The van der Waals surface area contributed by atoms with E-state index >= 15 is 0 Å². The molecule has 3 heterocycles. The van der Waals surface area contributed by atoms with Gasteiger partial charge in [-0.1, -0.05) is 12.1 Å². The molecule has 2 aromatic rings. The molecule has 2 aliphatic heterocycles. The molecular formula is C18H22N2O4. The van der Waals surface area contributed by atoms with E-state index in [9.17, 15) is 4.79 Å². The number of carbonyl (C=O) groups excluding carboxylic acids is 1. The Labute approximate surface area is 140 Å². The molecular weight excluding hydrogens is 308 g/mol. The van der Waals surface area contributed by atoms with E-state index in [1.54, 1.807) is 0 Å². The van der Waals surface area contributed by atoms with Gasteiger partial charge in [-0.3, -0.25) is 4.79 Å². The normalized spacial score (nSPS) is 25.1. The third-order valence-corrected chi connectivity index (χ3v) is 4.67. The molecule has 0 bridgehead atoms. The lowest BCUT2D eigenvalue weighted by atomic mass is 10.0. The number of fused-ring (bicyclic) bond motifs is 1. The van der Waals surface area contributed by atoms with Gasteiger partial charge >= 0.3 is 0 Å². The van der Waals surface area contributed by atoms with Gasteiger partial charge in [0.05, 0.1) is 31.9 Å². The van der Waals surface area contributed by atoms with Gasteiger partial charge in [-0.25, -0.2) is 0 Å². The first-order valence-electron chi connectivity index (χ1n) is 8.38. The Hall–Kier alpha value is -1.89. The smallest absolute Gasteiger partial charge is 0.257 e. The summed E-state index contributed by atoms with van der Waals surface area (Å²) in [5, 5.41) is 4.29. The summed E-state index contributed by atoms with van der Waals surface area (Å²) in [6.45, 7) is 6.20. The minimum Gasteiger partial charge on any atom is -0.461 e. The predicted molar refractivity (Wildman–Crippen MR) is 89.2 cm³/mol. The first-order chi connectivity index (χ1) is 11.7. The van der Waals surface area contributed by atoms with Gasteiger partial charge in [0.2, 0.25) is 0 Å². The molecule has 2 aliphatic rings. The molecule has 2 fully saturated rings. The largest absolute Gasteiger partial charge is 0.461 e. The number of furan rings is 1. The summed E-state index contributed by atoms with van der Waals surface area (Å²) >= 11 is 0. The van der Waals surface area contributed by atoms with Crippen LogP contribution in [0.3, 0.4) is 0 Å². The molecule has 1 aromatic heterocycles. The van der Waals surface area contributed by atoms with Crippen LogP contribution in [0.5, 0.6) is 0 Å². The fourth-order valence-electron chi connectivity index (χ4n) is 3.51. The summed E-state index contributed by atoms with van der Waals surface area (Å²) in [7, 11) is 0. The number of para-hydroxylation sites is 1. The number of amides is 1. The summed E-state index contributed by atoms with van der Waals surface area (Å²) in [6.07, 6.45) is 0. The second-order valence-electron chi connectivity index (χ2n) is 6.57.